The molecule has 2 N–H and O–H groups in total. The number of carbonyl (C=O) groups is 1. The Labute approximate surface area is 166 Å². The number of rotatable bonds is 5. The average molecular weight is 391 g/mol. The number of ether oxygens (including phenoxy) is 1. The molecule has 0 spiro atoms. The van der Waals surface area contributed by atoms with E-state index in [1.54, 1.807) is 4.68 Å². The summed E-state index contributed by atoms with van der Waals surface area (Å²) in [6.07, 6.45) is 8.75. The van der Waals surface area contributed by atoms with Crippen molar-refractivity contribution in [1.82, 2.24) is 15.1 Å². The van der Waals surface area contributed by atoms with Crippen LogP contribution in [0.3, 0.4) is 0 Å². The predicted octanol–water partition coefficient (Wildman–Crippen LogP) is 3.11. The van der Waals surface area contributed by atoms with Crippen LogP contribution < -0.4 is 15.4 Å². The van der Waals surface area contributed by atoms with Crippen LogP contribution in [0, 0.1) is 5.92 Å². The number of halogens is 1. The monoisotopic (exact) mass is 390 g/mol. The van der Waals surface area contributed by atoms with Gasteiger partial charge in [0.1, 0.15) is 5.75 Å². The van der Waals surface area contributed by atoms with Crippen LogP contribution >= 0.6 is 12.4 Å². The van der Waals surface area contributed by atoms with E-state index in [1.165, 1.54) is 12.8 Å². The number of amides is 1. The number of hydrogen-bond donors (Lipinski definition) is 2. The Hall–Kier alpha value is -2.05. The van der Waals surface area contributed by atoms with Crippen molar-refractivity contribution < 1.29 is 9.53 Å². The maximum atomic E-state index is 13.0. The van der Waals surface area contributed by atoms with Crippen molar-refractivity contribution in [3.63, 3.8) is 0 Å². The summed E-state index contributed by atoms with van der Waals surface area (Å²) >= 11 is 0. The molecule has 4 rings (SSSR count). The van der Waals surface area contributed by atoms with Gasteiger partial charge in [-0.3, -0.25) is 9.48 Å². The molecular weight excluding hydrogens is 364 g/mol. The number of aromatic nitrogens is 2. The second kappa shape index (κ2) is 8.76. The average Bonchev–Trinajstić information content (AvgIpc) is 3.37. The largest absolute Gasteiger partial charge is 0.488 e. The van der Waals surface area contributed by atoms with Crippen LogP contribution in [0.2, 0.25) is 0 Å². The second-order valence-electron chi connectivity index (χ2n) is 7.33. The lowest BCUT2D eigenvalue weighted by Crippen LogP contribution is -2.28. The molecule has 1 saturated carbocycles. The van der Waals surface area contributed by atoms with Gasteiger partial charge in [-0.25, -0.2) is 0 Å². The fourth-order valence-electron chi connectivity index (χ4n) is 4.02. The summed E-state index contributed by atoms with van der Waals surface area (Å²) in [5.41, 5.74) is 1.87. The van der Waals surface area contributed by atoms with Gasteiger partial charge in [0.05, 0.1) is 23.9 Å². The lowest BCUT2D eigenvalue weighted by Gasteiger charge is -2.20. The zero-order valence-electron chi connectivity index (χ0n) is 15.6. The van der Waals surface area contributed by atoms with Gasteiger partial charge in [-0.05, 0) is 43.4 Å². The van der Waals surface area contributed by atoms with Gasteiger partial charge in [-0.1, -0.05) is 12.1 Å². The molecule has 2 aliphatic rings. The van der Waals surface area contributed by atoms with Gasteiger partial charge >= 0.3 is 0 Å². The fourth-order valence-corrected chi connectivity index (χ4v) is 4.02. The molecule has 0 unspecified atom stereocenters. The van der Waals surface area contributed by atoms with Crippen LogP contribution in [0.15, 0.2) is 36.7 Å². The van der Waals surface area contributed by atoms with Crippen molar-refractivity contribution >= 4 is 24.0 Å². The highest BCUT2D eigenvalue weighted by molar-refractivity contribution is 5.95. The number of para-hydroxylation sites is 2. The van der Waals surface area contributed by atoms with Crippen LogP contribution in [0.5, 0.6) is 5.75 Å². The molecule has 2 fully saturated rings. The minimum Gasteiger partial charge on any atom is -0.488 e. The number of carbonyl (C=O) groups excluding carboxylic acids is 1. The maximum absolute atomic E-state index is 13.0. The number of anilines is 1. The highest BCUT2D eigenvalue weighted by Crippen LogP contribution is 2.32. The molecule has 1 amide bonds. The normalized spacial score (nSPS) is 22.4. The number of aryl methyl sites for hydroxylation is 1. The molecule has 1 aliphatic carbocycles. The summed E-state index contributed by atoms with van der Waals surface area (Å²) in [4.78, 5) is 13.0. The smallest absolute Gasteiger partial charge is 0.229 e. The van der Waals surface area contributed by atoms with Gasteiger partial charge < -0.3 is 15.4 Å². The van der Waals surface area contributed by atoms with Gasteiger partial charge in [0, 0.05) is 32.3 Å². The zero-order chi connectivity index (χ0) is 17.9. The van der Waals surface area contributed by atoms with E-state index >= 15 is 0 Å². The molecule has 0 radical (unpaired) electrons. The molecule has 1 saturated heterocycles. The van der Waals surface area contributed by atoms with E-state index in [-0.39, 0.29) is 36.3 Å². The molecule has 27 heavy (non-hydrogen) atoms. The Morgan fingerprint density at radius 3 is 2.78 bits per heavy atom. The van der Waals surface area contributed by atoms with Crippen LogP contribution in [-0.4, -0.2) is 34.9 Å². The summed E-state index contributed by atoms with van der Waals surface area (Å²) in [6, 6.07) is 7.75. The van der Waals surface area contributed by atoms with Gasteiger partial charge in [0.25, 0.3) is 0 Å². The number of nitrogens with zero attached hydrogens (tertiary/aromatic N) is 2. The van der Waals surface area contributed by atoms with Crippen molar-refractivity contribution in [1.29, 1.82) is 0 Å². The molecule has 146 valence electrons. The topological polar surface area (TPSA) is 68.2 Å². The first-order valence-electron chi connectivity index (χ1n) is 9.46. The van der Waals surface area contributed by atoms with E-state index in [4.69, 9.17) is 4.74 Å². The highest BCUT2D eigenvalue weighted by Gasteiger charge is 2.35. The van der Waals surface area contributed by atoms with E-state index in [0.29, 0.717) is 6.54 Å². The quantitative estimate of drug-likeness (QED) is 0.823. The summed E-state index contributed by atoms with van der Waals surface area (Å²) in [5.74, 6) is 0.841. The third-order valence-electron chi connectivity index (χ3n) is 5.44. The van der Waals surface area contributed by atoms with Crippen LogP contribution in [0.1, 0.15) is 37.2 Å². The Morgan fingerprint density at radius 1 is 1.26 bits per heavy atom. The molecule has 1 aromatic carbocycles. The number of benzene rings is 1. The van der Waals surface area contributed by atoms with E-state index in [2.05, 4.69) is 15.7 Å². The molecule has 1 aliphatic heterocycles. The molecule has 7 heteroatoms. The fraction of sp³-hybridized carbons (Fsp3) is 0.500. The van der Waals surface area contributed by atoms with E-state index in [0.717, 1.165) is 36.4 Å². The Morgan fingerprint density at radius 2 is 2.04 bits per heavy atom. The van der Waals surface area contributed by atoms with Gasteiger partial charge in [0.15, 0.2) is 0 Å². The van der Waals surface area contributed by atoms with Gasteiger partial charge in [-0.15, -0.1) is 12.4 Å². The van der Waals surface area contributed by atoms with Crippen molar-refractivity contribution in [3.8, 4) is 5.75 Å². The van der Waals surface area contributed by atoms with Crippen LogP contribution in [0.25, 0.3) is 0 Å². The highest BCUT2D eigenvalue weighted by atomic mass is 35.5. The molecule has 1 aromatic heterocycles. The molecule has 2 heterocycles. The first kappa shape index (κ1) is 19.7. The zero-order valence-corrected chi connectivity index (χ0v) is 16.4. The van der Waals surface area contributed by atoms with Crippen LogP contribution in [0.4, 0.5) is 5.69 Å². The Balaban J connectivity index is 0.00000210. The summed E-state index contributed by atoms with van der Waals surface area (Å²) in [7, 11) is 1.90. The lowest BCUT2D eigenvalue weighted by atomic mass is 9.90. The van der Waals surface area contributed by atoms with Crippen molar-refractivity contribution in [3.05, 3.63) is 42.2 Å². The van der Waals surface area contributed by atoms with Gasteiger partial charge in [-0.2, -0.15) is 5.10 Å². The van der Waals surface area contributed by atoms with E-state index < -0.39 is 0 Å². The Bertz CT molecular complexity index is 773. The molecule has 0 bridgehead atoms. The van der Waals surface area contributed by atoms with E-state index in [1.807, 2.05) is 43.7 Å². The van der Waals surface area contributed by atoms with E-state index in [9.17, 15) is 4.79 Å². The third-order valence-corrected chi connectivity index (χ3v) is 5.44. The SMILES string of the molecule is Cl.Cn1cc([C@H]2CNC[C@@H]2C(=O)Nc2ccccc2OC2CCCC2)cn1. The third kappa shape index (κ3) is 4.45. The second-order valence-corrected chi connectivity index (χ2v) is 7.33. The summed E-state index contributed by atoms with van der Waals surface area (Å²) in [6.45, 7) is 1.47. The van der Waals surface area contributed by atoms with Crippen molar-refractivity contribution in [2.75, 3.05) is 18.4 Å². The number of hydrogen-bond acceptors (Lipinski definition) is 4. The molecular formula is C20H27ClN4O2. The first-order chi connectivity index (χ1) is 12.7. The first-order valence-corrected chi connectivity index (χ1v) is 9.46. The maximum Gasteiger partial charge on any atom is 0.229 e. The molecule has 6 nitrogen and oxygen atoms in total. The van der Waals surface area contributed by atoms with Crippen molar-refractivity contribution in [2.45, 2.75) is 37.7 Å². The van der Waals surface area contributed by atoms with Crippen molar-refractivity contribution in [2.24, 2.45) is 13.0 Å². The summed E-state index contributed by atoms with van der Waals surface area (Å²) in [5, 5.41) is 10.7. The lowest BCUT2D eigenvalue weighted by molar-refractivity contribution is -0.119. The summed E-state index contributed by atoms with van der Waals surface area (Å²) < 4.78 is 7.93. The standard InChI is InChI=1S/C20H26N4O2.ClH/c1-24-13-14(10-22-24)16-11-21-12-17(16)20(25)23-18-8-4-5-9-19(18)26-15-6-2-3-7-15;/h4-5,8-10,13,15-17,21H,2-3,6-7,11-12H2,1H3,(H,23,25);1H/t16-,17+;/m1./s1. The van der Waals surface area contributed by atoms with Gasteiger partial charge in [0.2, 0.25) is 5.91 Å². The molecule has 2 atom stereocenters. The minimum atomic E-state index is -0.112. The number of nitrogens with one attached hydrogen (secondary N) is 2. The molecule has 2 aromatic rings. The predicted molar refractivity (Wildman–Crippen MR) is 108 cm³/mol. The Kier molecular flexibility index (Phi) is 6.39. The van der Waals surface area contributed by atoms with Crippen LogP contribution in [-0.2, 0) is 11.8 Å². The minimum absolute atomic E-state index is 0.